The molecule has 1 aliphatic rings. The van der Waals surface area contributed by atoms with Crippen LogP contribution in [0.2, 0.25) is 5.02 Å². The number of aromatic hydroxyl groups is 1. The molecule has 0 saturated carbocycles. The number of benzene rings is 1. The van der Waals surface area contributed by atoms with Crippen molar-refractivity contribution in [1.29, 1.82) is 0 Å². The zero-order valence-electron chi connectivity index (χ0n) is 11.6. The average Bonchev–Trinajstić information content (AvgIpc) is 2.40. The van der Waals surface area contributed by atoms with E-state index in [2.05, 4.69) is 10.6 Å². The fourth-order valence-electron chi connectivity index (χ4n) is 2.16. The molecule has 1 atom stereocenters. The second-order valence-corrected chi connectivity index (χ2v) is 4.93. The fraction of sp³-hybridized carbons (Fsp3) is 0.286. The molecule has 0 saturated heterocycles. The van der Waals surface area contributed by atoms with E-state index in [4.69, 9.17) is 16.3 Å². The third-order valence-electron chi connectivity index (χ3n) is 3.07. The van der Waals surface area contributed by atoms with Gasteiger partial charge in [-0.2, -0.15) is 0 Å². The van der Waals surface area contributed by atoms with Gasteiger partial charge in [-0.05, 0) is 32.0 Å². The van der Waals surface area contributed by atoms with Crippen molar-refractivity contribution in [3.8, 4) is 5.75 Å². The van der Waals surface area contributed by atoms with Crippen molar-refractivity contribution in [3.05, 3.63) is 40.1 Å². The molecule has 3 N–H and O–H groups in total. The molecule has 2 amide bonds. The Morgan fingerprint density at radius 2 is 2.19 bits per heavy atom. The predicted molar refractivity (Wildman–Crippen MR) is 76.9 cm³/mol. The van der Waals surface area contributed by atoms with Gasteiger partial charge >= 0.3 is 12.0 Å². The van der Waals surface area contributed by atoms with Crippen molar-refractivity contribution in [3.63, 3.8) is 0 Å². The van der Waals surface area contributed by atoms with Gasteiger partial charge in [0.25, 0.3) is 0 Å². The number of carbonyl (C=O) groups excluding carboxylic acids is 2. The molecule has 1 aliphatic heterocycles. The first kappa shape index (κ1) is 15.2. The maximum absolute atomic E-state index is 12.1. The number of phenolic OH excluding ortho intramolecular Hbond substituents is 1. The molecule has 0 radical (unpaired) electrons. The lowest BCUT2D eigenvalue weighted by molar-refractivity contribution is -0.139. The summed E-state index contributed by atoms with van der Waals surface area (Å²) in [5.41, 5.74) is 0.940. The van der Waals surface area contributed by atoms with Gasteiger partial charge in [0.2, 0.25) is 0 Å². The van der Waals surface area contributed by atoms with Crippen LogP contribution in [0.4, 0.5) is 4.79 Å². The van der Waals surface area contributed by atoms with E-state index in [1.54, 1.807) is 13.8 Å². The fourth-order valence-corrected chi connectivity index (χ4v) is 2.34. The summed E-state index contributed by atoms with van der Waals surface area (Å²) in [5, 5.41) is 15.5. The lowest BCUT2D eigenvalue weighted by Gasteiger charge is -2.28. The van der Waals surface area contributed by atoms with E-state index < -0.39 is 18.0 Å². The molecule has 1 aromatic carbocycles. The van der Waals surface area contributed by atoms with Crippen LogP contribution in [0.1, 0.15) is 25.5 Å². The third kappa shape index (κ3) is 3.11. The number of halogens is 1. The maximum Gasteiger partial charge on any atom is 0.338 e. The molecule has 1 heterocycles. The predicted octanol–water partition coefficient (Wildman–Crippen LogP) is 2.24. The van der Waals surface area contributed by atoms with Gasteiger partial charge in [0.1, 0.15) is 5.75 Å². The van der Waals surface area contributed by atoms with E-state index >= 15 is 0 Å². The lowest BCUT2D eigenvalue weighted by atomic mass is 9.95. The SMILES string of the molecule is CCOC(=O)C1=C(C)NC(=O)N[C@H]1c1cc(Cl)ccc1O. The molecule has 7 heteroatoms. The highest BCUT2D eigenvalue weighted by Crippen LogP contribution is 2.34. The number of urea groups is 1. The van der Waals surface area contributed by atoms with Crippen LogP contribution >= 0.6 is 11.6 Å². The van der Waals surface area contributed by atoms with Gasteiger partial charge < -0.3 is 20.5 Å². The highest BCUT2D eigenvalue weighted by atomic mass is 35.5. The summed E-state index contributed by atoms with van der Waals surface area (Å²) in [6.07, 6.45) is 0. The van der Waals surface area contributed by atoms with E-state index in [1.165, 1.54) is 18.2 Å². The van der Waals surface area contributed by atoms with Crippen molar-refractivity contribution >= 4 is 23.6 Å². The molecular formula is C14H15ClN2O4. The van der Waals surface area contributed by atoms with Crippen LogP contribution in [-0.2, 0) is 9.53 Å². The minimum Gasteiger partial charge on any atom is -0.508 e. The van der Waals surface area contributed by atoms with Crippen molar-refractivity contribution in [2.45, 2.75) is 19.9 Å². The smallest absolute Gasteiger partial charge is 0.338 e. The van der Waals surface area contributed by atoms with Crippen LogP contribution in [-0.4, -0.2) is 23.7 Å². The number of ether oxygens (including phenoxy) is 1. The van der Waals surface area contributed by atoms with Gasteiger partial charge in [-0.15, -0.1) is 0 Å². The van der Waals surface area contributed by atoms with Gasteiger partial charge in [-0.1, -0.05) is 11.6 Å². The molecule has 0 aromatic heterocycles. The Hall–Kier alpha value is -2.21. The van der Waals surface area contributed by atoms with Crippen molar-refractivity contribution in [1.82, 2.24) is 10.6 Å². The largest absolute Gasteiger partial charge is 0.508 e. The number of amides is 2. The molecule has 6 nitrogen and oxygen atoms in total. The van der Waals surface area contributed by atoms with Crippen LogP contribution in [0, 0.1) is 0 Å². The summed E-state index contributed by atoms with van der Waals surface area (Å²) in [6.45, 7) is 3.49. The zero-order valence-corrected chi connectivity index (χ0v) is 12.3. The van der Waals surface area contributed by atoms with Gasteiger partial charge in [-0.3, -0.25) is 0 Å². The van der Waals surface area contributed by atoms with Gasteiger partial charge in [0, 0.05) is 16.3 Å². The second kappa shape index (κ2) is 6.05. The number of allylic oxidation sites excluding steroid dienone is 1. The molecule has 2 rings (SSSR count). The van der Waals surface area contributed by atoms with Crippen LogP contribution in [0.15, 0.2) is 29.5 Å². The number of esters is 1. The van der Waals surface area contributed by atoms with Gasteiger partial charge in [0.05, 0.1) is 18.2 Å². The summed E-state index contributed by atoms with van der Waals surface area (Å²) < 4.78 is 5.01. The van der Waals surface area contributed by atoms with Crippen molar-refractivity contribution in [2.24, 2.45) is 0 Å². The molecule has 21 heavy (non-hydrogen) atoms. The number of phenols is 1. The van der Waals surface area contributed by atoms with E-state index in [1.807, 2.05) is 0 Å². The summed E-state index contributed by atoms with van der Waals surface area (Å²) in [6, 6.07) is 3.13. The number of rotatable bonds is 3. The van der Waals surface area contributed by atoms with Crippen LogP contribution in [0.3, 0.4) is 0 Å². The van der Waals surface area contributed by atoms with E-state index in [9.17, 15) is 14.7 Å². The van der Waals surface area contributed by atoms with Crippen LogP contribution in [0.5, 0.6) is 5.75 Å². The molecule has 0 aliphatic carbocycles. The molecule has 112 valence electrons. The Kier molecular flexibility index (Phi) is 4.37. The van der Waals surface area contributed by atoms with Crippen molar-refractivity contribution in [2.75, 3.05) is 6.61 Å². The Bertz CT molecular complexity index is 627. The van der Waals surface area contributed by atoms with Gasteiger partial charge in [0.15, 0.2) is 0 Å². The summed E-state index contributed by atoms with van der Waals surface area (Å²) >= 11 is 5.93. The Labute approximate surface area is 126 Å². The zero-order chi connectivity index (χ0) is 15.6. The van der Waals surface area contributed by atoms with E-state index in [-0.39, 0.29) is 17.9 Å². The summed E-state index contributed by atoms with van der Waals surface area (Å²) in [4.78, 5) is 23.8. The topological polar surface area (TPSA) is 87.7 Å². The van der Waals surface area contributed by atoms with Crippen molar-refractivity contribution < 1.29 is 19.4 Å². The summed E-state index contributed by atoms with van der Waals surface area (Å²) in [5.74, 6) is -0.631. The number of hydrogen-bond donors (Lipinski definition) is 3. The monoisotopic (exact) mass is 310 g/mol. The highest BCUT2D eigenvalue weighted by Gasteiger charge is 2.33. The first-order valence-electron chi connectivity index (χ1n) is 6.37. The van der Waals surface area contributed by atoms with Gasteiger partial charge in [-0.25, -0.2) is 9.59 Å². The molecular weight excluding hydrogens is 296 g/mol. The molecule has 1 aromatic rings. The second-order valence-electron chi connectivity index (χ2n) is 4.49. The molecule has 0 bridgehead atoms. The van der Waals surface area contributed by atoms with E-state index in [0.717, 1.165) is 0 Å². The third-order valence-corrected chi connectivity index (χ3v) is 3.30. The summed E-state index contributed by atoms with van der Waals surface area (Å²) in [7, 11) is 0. The van der Waals surface area contributed by atoms with Crippen LogP contribution in [0.25, 0.3) is 0 Å². The normalized spacial score (nSPS) is 18.0. The average molecular weight is 311 g/mol. The number of hydrogen-bond acceptors (Lipinski definition) is 4. The standard InChI is InChI=1S/C14H15ClN2O4/c1-3-21-13(19)11-7(2)16-14(20)17-12(11)9-6-8(15)4-5-10(9)18/h4-6,12,18H,3H2,1-2H3,(H2,16,17,20)/t12-/m0/s1. The first-order chi connectivity index (χ1) is 9.93. The Morgan fingerprint density at radius 1 is 1.48 bits per heavy atom. The molecule has 0 spiro atoms. The Morgan fingerprint density at radius 3 is 2.86 bits per heavy atom. The molecule has 0 unspecified atom stereocenters. The first-order valence-corrected chi connectivity index (χ1v) is 6.75. The van der Waals surface area contributed by atoms with E-state index in [0.29, 0.717) is 16.3 Å². The number of nitrogens with one attached hydrogen (secondary N) is 2. The molecule has 0 fully saturated rings. The lowest BCUT2D eigenvalue weighted by Crippen LogP contribution is -2.45. The highest BCUT2D eigenvalue weighted by molar-refractivity contribution is 6.30. The maximum atomic E-state index is 12.1. The van der Waals surface area contributed by atoms with Crippen LogP contribution < -0.4 is 10.6 Å². The Balaban J connectivity index is 2.52. The minimum absolute atomic E-state index is 0.0683. The number of carbonyl (C=O) groups is 2. The minimum atomic E-state index is -0.823. The quantitative estimate of drug-likeness (QED) is 0.747.